The normalized spacial score (nSPS) is 15.7. The molecular weight excluding hydrogens is 455 g/mol. The zero-order valence-electron chi connectivity index (χ0n) is 19.2. The monoisotopic (exact) mass is 480 g/mol. The second-order valence-corrected chi connectivity index (χ2v) is 8.37. The van der Waals surface area contributed by atoms with Crippen LogP contribution >= 0.6 is 0 Å². The van der Waals surface area contributed by atoms with E-state index in [1.54, 1.807) is 48.4 Å². The van der Waals surface area contributed by atoms with Crippen LogP contribution in [0.5, 0.6) is 5.75 Å². The first-order valence-electron chi connectivity index (χ1n) is 11.4. The number of amides is 1. The van der Waals surface area contributed by atoms with Crippen molar-refractivity contribution in [2.75, 3.05) is 33.5 Å². The van der Waals surface area contributed by atoms with E-state index < -0.39 is 5.82 Å². The lowest BCUT2D eigenvalue weighted by Gasteiger charge is -2.23. The van der Waals surface area contributed by atoms with E-state index in [0.29, 0.717) is 46.8 Å². The molecule has 1 saturated heterocycles. The van der Waals surface area contributed by atoms with Crippen LogP contribution in [0.4, 0.5) is 4.39 Å². The van der Waals surface area contributed by atoms with Crippen molar-refractivity contribution in [2.45, 2.75) is 18.9 Å². The van der Waals surface area contributed by atoms with Crippen molar-refractivity contribution in [3.63, 3.8) is 0 Å². The number of carbonyl (C=O) groups excluding carboxylic acids is 1. The Morgan fingerprint density at radius 1 is 1.26 bits per heavy atom. The first kappa shape index (κ1) is 23.0. The Labute approximate surface area is 200 Å². The Bertz CT molecular complexity index is 1330. The number of benzene rings is 2. The van der Waals surface area contributed by atoms with E-state index in [1.807, 2.05) is 0 Å². The van der Waals surface area contributed by atoms with Crippen molar-refractivity contribution in [3.8, 4) is 28.5 Å². The molecule has 182 valence electrons. The molecule has 1 amide bonds. The van der Waals surface area contributed by atoms with Crippen LogP contribution in [-0.2, 0) is 4.74 Å². The number of fused-ring (bicyclic) bond motifs is 1. The third kappa shape index (κ3) is 4.50. The van der Waals surface area contributed by atoms with Gasteiger partial charge in [-0.25, -0.2) is 4.39 Å². The fourth-order valence-electron chi connectivity index (χ4n) is 4.32. The summed E-state index contributed by atoms with van der Waals surface area (Å²) in [4.78, 5) is 14.5. The van der Waals surface area contributed by atoms with Crippen molar-refractivity contribution in [3.05, 3.63) is 53.8 Å². The second kappa shape index (κ2) is 9.85. The average Bonchev–Trinajstić information content (AvgIpc) is 3.63. The molecule has 1 aliphatic heterocycles. The Morgan fingerprint density at radius 2 is 2.09 bits per heavy atom. The molecule has 3 heterocycles. The Morgan fingerprint density at radius 3 is 2.86 bits per heavy atom. The maximum atomic E-state index is 14.6. The summed E-state index contributed by atoms with van der Waals surface area (Å²) in [5.74, 6) is -0.124. The second-order valence-electron chi connectivity index (χ2n) is 8.37. The topological polar surface area (TPSA) is 114 Å². The zero-order chi connectivity index (χ0) is 24.4. The largest absolute Gasteiger partial charge is 0.488 e. The summed E-state index contributed by atoms with van der Waals surface area (Å²) >= 11 is 0. The molecule has 2 aromatic carbocycles. The average molecular weight is 480 g/mol. The molecular formula is C25H25FN4O5. The lowest BCUT2D eigenvalue weighted by molar-refractivity contribution is 0.0677. The van der Waals surface area contributed by atoms with E-state index in [4.69, 9.17) is 14.0 Å². The van der Waals surface area contributed by atoms with Gasteiger partial charge in [0.05, 0.1) is 24.8 Å². The van der Waals surface area contributed by atoms with Crippen LogP contribution < -0.4 is 4.74 Å². The van der Waals surface area contributed by atoms with Crippen LogP contribution in [0.3, 0.4) is 0 Å². The third-order valence-electron chi connectivity index (χ3n) is 6.18. The Hall–Kier alpha value is -3.76. The molecule has 0 saturated carbocycles. The van der Waals surface area contributed by atoms with Gasteiger partial charge in [-0.1, -0.05) is 17.3 Å². The standard InChI is InChI=1S/C25H25FN4O5/c1-33-9-10-34-22-13-21-18(11-19(22)26)24(28-27-21)23-12-20(29-35-23)15-4-6-16(7-5-15)25(32)30-8-2-3-17(30)14-31/h4-7,11-13,17,31H,2-3,8-10,14H2,1H3,(H,27,28)/t17-/m1/s1. The number of methoxy groups -OCH3 is 1. The number of aromatic nitrogens is 3. The summed E-state index contributed by atoms with van der Waals surface area (Å²) in [6, 6.07) is 11.6. The van der Waals surface area contributed by atoms with Gasteiger partial charge in [0.2, 0.25) is 0 Å². The maximum absolute atomic E-state index is 14.6. The molecule has 0 unspecified atom stereocenters. The highest BCUT2D eigenvalue weighted by molar-refractivity contribution is 5.95. The van der Waals surface area contributed by atoms with Crippen LogP contribution in [0, 0.1) is 5.82 Å². The van der Waals surface area contributed by atoms with Gasteiger partial charge in [-0.05, 0) is 31.0 Å². The molecule has 2 aromatic heterocycles. The highest BCUT2D eigenvalue weighted by Crippen LogP contribution is 2.33. The molecule has 4 aromatic rings. The molecule has 0 aliphatic carbocycles. The van der Waals surface area contributed by atoms with Gasteiger partial charge in [0.1, 0.15) is 18.0 Å². The number of likely N-dealkylation sites (tertiary alicyclic amines) is 1. The van der Waals surface area contributed by atoms with Gasteiger partial charge in [-0.2, -0.15) is 5.10 Å². The molecule has 0 bridgehead atoms. The van der Waals surface area contributed by atoms with Gasteiger partial charge in [0.15, 0.2) is 17.3 Å². The summed E-state index contributed by atoms with van der Waals surface area (Å²) < 4.78 is 30.4. The Balaban J connectivity index is 1.35. The number of aromatic amines is 1. The van der Waals surface area contributed by atoms with Crippen molar-refractivity contribution >= 4 is 16.8 Å². The van der Waals surface area contributed by atoms with Crippen LogP contribution in [-0.4, -0.2) is 70.8 Å². The smallest absolute Gasteiger partial charge is 0.254 e. The predicted molar refractivity (Wildman–Crippen MR) is 126 cm³/mol. The summed E-state index contributed by atoms with van der Waals surface area (Å²) in [6.45, 7) is 1.20. The quantitative estimate of drug-likeness (QED) is 0.370. The maximum Gasteiger partial charge on any atom is 0.254 e. The van der Waals surface area contributed by atoms with Crippen molar-refractivity contribution in [1.82, 2.24) is 20.3 Å². The van der Waals surface area contributed by atoms with Gasteiger partial charge < -0.3 is 24.0 Å². The van der Waals surface area contributed by atoms with E-state index in [0.717, 1.165) is 18.4 Å². The van der Waals surface area contributed by atoms with Crippen LogP contribution in [0.15, 0.2) is 47.0 Å². The lowest BCUT2D eigenvalue weighted by atomic mass is 10.1. The molecule has 1 aliphatic rings. The molecule has 10 heteroatoms. The summed E-state index contributed by atoms with van der Waals surface area (Å²) in [6.07, 6.45) is 1.71. The molecule has 2 N–H and O–H groups in total. The van der Waals surface area contributed by atoms with Crippen LogP contribution in [0.2, 0.25) is 0 Å². The molecule has 0 spiro atoms. The number of nitrogens with zero attached hydrogens (tertiary/aromatic N) is 3. The predicted octanol–water partition coefficient (Wildman–Crippen LogP) is 3.65. The number of ether oxygens (including phenoxy) is 2. The van der Waals surface area contributed by atoms with Crippen molar-refractivity contribution < 1.29 is 28.3 Å². The SMILES string of the molecule is COCCOc1cc2[nH]nc(-c3cc(-c4ccc(C(=O)N5CCC[C@@H]5CO)cc4)no3)c2cc1F. The van der Waals surface area contributed by atoms with E-state index in [9.17, 15) is 14.3 Å². The molecule has 1 atom stereocenters. The zero-order valence-corrected chi connectivity index (χ0v) is 19.2. The molecule has 5 rings (SSSR count). The number of rotatable bonds is 8. The highest BCUT2D eigenvalue weighted by atomic mass is 19.1. The van der Waals surface area contributed by atoms with Crippen LogP contribution in [0.25, 0.3) is 33.6 Å². The van der Waals surface area contributed by atoms with E-state index in [-0.39, 0.29) is 30.9 Å². The number of hydrogen-bond donors (Lipinski definition) is 2. The summed E-state index contributed by atoms with van der Waals surface area (Å²) in [5, 5.41) is 21.3. The minimum absolute atomic E-state index is 0.0283. The first-order valence-corrected chi connectivity index (χ1v) is 11.4. The summed E-state index contributed by atoms with van der Waals surface area (Å²) in [5.41, 5.74) is 2.89. The highest BCUT2D eigenvalue weighted by Gasteiger charge is 2.28. The van der Waals surface area contributed by atoms with Crippen molar-refractivity contribution in [2.24, 2.45) is 0 Å². The number of nitrogens with one attached hydrogen (secondary N) is 1. The van der Waals surface area contributed by atoms with Crippen LogP contribution in [0.1, 0.15) is 23.2 Å². The lowest BCUT2D eigenvalue weighted by Crippen LogP contribution is -2.37. The third-order valence-corrected chi connectivity index (χ3v) is 6.18. The van der Waals surface area contributed by atoms with E-state index in [1.165, 1.54) is 6.07 Å². The molecule has 9 nitrogen and oxygen atoms in total. The minimum atomic E-state index is -0.516. The summed E-state index contributed by atoms with van der Waals surface area (Å²) in [7, 11) is 1.55. The van der Waals surface area contributed by atoms with Gasteiger partial charge in [-0.3, -0.25) is 9.89 Å². The number of H-pyrrole nitrogens is 1. The number of hydrogen-bond acceptors (Lipinski definition) is 7. The molecule has 35 heavy (non-hydrogen) atoms. The number of aliphatic hydroxyl groups excluding tert-OH is 1. The van der Waals surface area contributed by atoms with Gasteiger partial charge in [0.25, 0.3) is 5.91 Å². The fraction of sp³-hybridized carbons (Fsp3) is 0.320. The van der Waals surface area contributed by atoms with Gasteiger partial charge in [0, 0.05) is 42.3 Å². The van der Waals surface area contributed by atoms with Crippen molar-refractivity contribution in [1.29, 1.82) is 0 Å². The fourth-order valence-corrected chi connectivity index (χ4v) is 4.32. The van der Waals surface area contributed by atoms with E-state index >= 15 is 0 Å². The molecule has 1 fully saturated rings. The molecule has 0 radical (unpaired) electrons. The van der Waals surface area contributed by atoms with Gasteiger partial charge >= 0.3 is 0 Å². The van der Waals surface area contributed by atoms with Gasteiger partial charge in [-0.15, -0.1) is 0 Å². The number of halogens is 1. The number of aliphatic hydroxyl groups is 1. The minimum Gasteiger partial charge on any atom is -0.488 e. The number of carbonyl (C=O) groups is 1. The first-order chi connectivity index (χ1) is 17.1. The Kier molecular flexibility index (Phi) is 6.47. The van der Waals surface area contributed by atoms with E-state index in [2.05, 4.69) is 15.4 Å².